The Kier molecular flexibility index (Phi) is 2.73. The molecule has 0 bridgehead atoms. The fraction of sp³-hybridized carbons (Fsp3) is 0.500. The number of likely N-dealkylation sites (N-methyl/N-ethyl adjacent to an activating group) is 1. The highest BCUT2D eigenvalue weighted by Gasteiger charge is 2.17. The average Bonchev–Trinajstić information content (AvgIpc) is 2.49. The molecule has 0 saturated heterocycles. The molecule has 1 heterocycles. The summed E-state index contributed by atoms with van der Waals surface area (Å²) in [5.41, 5.74) is 5.97. The van der Waals surface area contributed by atoms with Crippen LogP contribution in [0.2, 0.25) is 0 Å². The third-order valence-corrected chi connectivity index (χ3v) is 1.86. The van der Waals surface area contributed by atoms with Crippen LogP contribution in [-0.2, 0) is 0 Å². The van der Waals surface area contributed by atoms with Gasteiger partial charge in [0, 0.05) is 12.1 Å². The fourth-order valence-corrected chi connectivity index (χ4v) is 0.928. The summed E-state index contributed by atoms with van der Waals surface area (Å²) in [4.78, 5) is 0. The lowest BCUT2D eigenvalue weighted by atomic mass is 10.1. The molecule has 1 aromatic heterocycles. The second-order valence-corrected chi connectivity index (χ2v) is 2.80. The first-order chi connectivity index (χ1) is 5.65. The summed E-state index contributed by atoms with van der Waals surface area (Å²) < 4.78 is 5.03. The summed E-state index contributed by atoms with van der Waals surface area (Å²) in [7, 11) is 1.78. The van der Waals surface area contributed by atoms with Gasteiger partial charge in [0.1, 0.15) is 18.1 Å². The second kappa shape index (κ2) is 3.60. The van der Waals surface area contributed by atoms with Crippen molar-refractivity contribution in [1.82, 2.24) is 5.32 Å². The number of nitrogens with one attached hydrogen (secondary N) is 1. The number of aliphatic hydroxyl groups is 1. The van der Waals surface area contributed by atoms with Crippen molar-refractivity contribution >= 4 is 5.69 Å². The van der Waals surface area contributed by atoms with E-state index in [4.69, 9.17) is 10.2 Å². The Morgan fingerprint density at radius 2 is 2.33 bits per heavy atom. The van der Waals surface area contributed by atoms with Crippen LogP contribution in [0.1, 0.15) is 18.8 Å². The van der Waals surface area contributed by atoms with Crippen LogP contribution in [0.3, 0.4) is 0 Å². The molecule has 0 aromatic carbocycles. The van der Waals surface area contributed by atoms with Crippen molar-refractivity contribution in [2.45, 2.75) is 19.1 Å². The maximum Gasteiger partial charge on any atom is 0.136 e. The van der Waals surface area contributed by atoms with E-state index < -0.39 is 6.10 Å². The van der Waals surface area contributed by atoms with E-state index in [-0.39, 0.29) is 6.04 Å². The number of hydrogen-bond acceptors (Lipinski definition) is 4. The molecule has 4 heteroatoms. The summed E-state index contributed by atoms with van der Waals surface area (Å²) >= 11 is 0. The molecule has 0 spiro atoms. The molecule has 0 aliphatic rings. The summed E-state index contributed by atoms with van der Waals surface area (Å²) in [5, 5.41) is 12.5. The summed E-state index contributed by atoms with van der Waals surface area (Å²) in [6.07, 6.45) is 0.772. The third-order valence-electron chi connectivity index (χ3n) is 1.86. The molecule has 12 heavy (non-hydrogen) atoms. The van der Waals surface area contributed by atoms with Gasteiger partial charge in [0.25, 0.3) is 0 Å². The summed E-state index contributed by atoms with van der Waals surface area (Å²) in [5.74, 6) is 0.495. The lowest BCUT2D eigenvalue weighted by Crippen LogP contribution is -2.28. The molecule has 0 aliphatic heterocycles. The highest BCUT2D eigenvalue weighted by molar-refractivity contribution is 5.35. The van der Waals surface area contributed by atoms with Gasteiger partial charge >= 0.3 is 0 Å². The standard InChI is InChI=1S/C8H14N2O2/c1-5(10-2)8(11)7-3-6(9)4-12-7/h3-5,8,10-11H,9H2,1-2H3. The fourth-order valence-electron chi connectivity index (χ4n) is 0.928. The Balaban J connectivity index is 2.70. The van der Waals surface area contributed by atoms with Crippen molar-refractivity contribution in [2.75, 3.05) is 12.8 Å². The third kappa shape index (κ3) is 1.78. The van der Waals surface area contributed by atoms with E-state index in [0.29, 0.717) is 11.4 Å². The lowest BCUT2D eigenvalue weighted by Gasteiger charge is -2.15. The molecule has 2 atom stereocenters. The monoisotopic (exact) mass is 170 g/mol. The normalized spacial score (nSPS) is 15.9. The van der Waals surface area contributed by atoms with Crippen molar-refractivity contribution in [1.29, 1.82) is 0 Å². The van der Waals surface area contributed by atoms with Crippen LogP contribution in [0.15, 0.2) is 16.7 Å². The highest BCUT2D eigenvalue weighted by Crippen LogP contribution is 2.20. The van der Waals surface area contributed by atoms with Gasteiger partial charge in [-0.15, -0.1) is 0 Å². The van der Waals surface area contributed by atoms with Gasteiger partial charge in [-0.25, -0.2) is 0 Å². The zero-order valence-corrected chi connectivity index (χ0v) is 7.24. The summed E-state index contributed by atoms with van der Waals surface area (Å²) in [6.45, 7) is 1.86. The molecular weight excluding hydrogens is 156 g/mol. The number of anilines is 1. The number of nitrogen functional groups attached to an aromatic ring is 1. The van der Waals surface area contributed by atoms with Gasteiger partial charge in [0.15, 0.2) is 0 Å². The number of rotatable bonds is 3. The van der Waals surface area contributed by atoms with Crippen LogP contribution in [0.25, 0.3) is 0 Å². The molecule has 0 amide bonds. The Morgan fingerprint density at radius 1 is 1.67 bits per heavy atom. The van der Waals surface area contributed by atoms with Gasteiger partial charge in [-0.2, -0.15) is 0 Å². The molecule has 4 nitrogen and oxygen atoms in total. The number of hydrogen-bond donors (Lipinski definition) is 3. The van der Waals surface area contributed by atoms with Crippen molar-refractivity contribution in [3.8, 4) is 0 Å². The topological polar surface area (TPSA) is 71.4 Å². The Bertz CT molecular complexity index is 247. The minimum absolute atomic E-state index is 0.0458. The van der Waals surface area contributed by atoms with Gasteiger partial charge < -0.3 is 20.6 Å². The lowest BCUT2D eigenvalue weighted by molar-refractivity contribution is 0.115. The summed E-state index contributed by atoms with van der Waals surface area (Å²) in [6, 6.07) is 1.58. The van der Waals surface area contributed by atoms with Gasteiger partial charge in [-0.1, -0.05) is 0 Å². The molecule has 0 aliphatic carbocycles. The maximum absolute atomic E-state index is 9.59. The van der Waals surface area contributed by atoms with E-state index in [1.807, 2.05) is 6.92 Å². The molecule has 0 saturated carbocycles. The quantitative estimate of drug-likeness (QED) is 0.617. The largest absolute Gasteiger partial charge is 0.464 e. The maximum atomic E-state index is 9.59. The van der Waals surface area contributed by atoms with Gasteiger partial charge in [-0.3, -0.25) is 0 Å². The first kappa shape index (κ1) is 9.09. The smallest absolute Gasteiger partial charge is 0.136 e. The number of nitrogens with two attached hydrogens (primary N) is 1. The SMILES string of the molecule is CNC(C)C(O)c1cc(N)co1. The van der Waals surface area contributed by atoms with Gasteiger partial charge in [0.2, 0.25) is 0 Å². The Labute approximate surface area is 71.4 Å². The first-order valence-corrected chi connectivity index (χ1v) is 3.84. The van der Waals surface area contributed by atoms with Gasteiger partial charge in [-0.05, 0) is 14.0 Å². The van der Waals surface area contributed by atoms with E-state index in [0.717, 1.165) is 0 Å². The second-order valence-electron chi connectivity index (χ2n) is 2.80. The first-order valence-electron chi connectivity index (χ1n) is 3.84. The predicted octanol–water partition coefficient (Wildman–Crippen LogP) is 0.503. The minimum Gasteiger partial charge on any atom is -0.464 e. The van der Waals surface area contributed by atoms with E-state index in [1.165, 1.54) is 6.26 Å². The molecule has 0 fully saturated rings. The molecule has 2 unspecified atom stereocenters. The zero-order chi connectivity index (χ0) is 9.14. The van der Waals surface area contributed by atoms with E-state index in [2.05, 4.69) is 5.32 Å². The van der Waals surface area contributed by atoms with Gasteiger partial charge in [0.05, 0.1) is 5.69 Å². The Morgan fingerprint density at radius 3 is 2.75 bits per heavy atom. The molecule has 68 valence electrons. The van der Waals surface area contributed by atoms with Crippen LogP contribution in [-0.4, -0.2) is 18.2 Å². The molecule has 1 rings (SSSR count). The molecule has 4 N–H and O–H groups in total. The van der Waals surface area contributed by atoms with E-state index in [9.17, 15) is 5.11 Å². The van der Waals surface area contributed by atoms with Crippen LogP contribution in [0.4, 0.5) is 5.69 Å². The molecule has 0 radical (unpaired) electrons. The van der Waals surface area contributed by atoms with Crippen LogP contribution in [0.5, 0.6) is 0 Å². The number of furan rings is 1. The Hall–Kier alpha value is -1.00. The van der Waals surface area contributed by atoms with E-state index in [1.54, 1.807) is 13.1 Å². The van der Waals surface area contributed by atoms with Crippen LogP contribution >= 0.6 is 0 Å². The van der Waals surface area contributed by atoms with Crippen molar-refractivity contribution in [3.05, 3.63) is 18.1 Å². The van der Waals surface area contributed by atoms with Crippen molar-refractivity contribution in [2.24, 2.45) is 0 Å². The zero-order valence-electron chi connectivity index (χ0n) is 7.24. The van der Waals surface area contributed by atoms with Crippen LogP contribution in [0, 0.1) is 0 Å². The minimum atomic E-state index is -0.646. The van der Waals surface area contributed by atoms with Crippen molar-refractivity contribution in [3.63, 3.8) is 0 Å². The van der Waals surface area contributed by atoms with Crippen LogP contribution < -0.4 is 11.1 Å². The molecular formula is C8H14N2O2. The average molecular weight is 170 g/mol. The predicted molar refractivity (Wildman–Crippen MR) is 46.6 cm³/mol. The van der Waals surface area contributed by atoms with Crippen molar-refractivity contribution < 1.29 is 9.52 Å². The highest BCUT2D eigenvalue weighted by atomic mass is 16.4. The van der Waals surface area contributed by atoms with E-state index >= 15 is 0 Å². The molecule has 1 aromatic rings. The number of aliphatic hydroxyl groups excluding tert-OH is 1.